The average Bonchev–Trinajstić information content (AvgIpc) is 2.52. The third kappa shape index (κ3) is 5.13. The van der Waals surface area contributed by atoms with Gasteiger partial charge in [-0.25, -0.2) is 0 Å². The monoisotopic (exact) mass is 354 g/mol. The number of hydrogen-bond acceptors (Lipinski definition) is 9. The predicted octanol–water partition coefficient (Wildman–Crippen LogP) is 0.870. The van der Waals surface area contributed by atoms with Crippen molar-refractivity contribution in [3.8, 4) is 0 Å². The number of nitrogens with zero attached hydrogens (tertiary/aromatic N) is 4. The summed E-state index contributed by atoms with van der Waals surface area (Å²) in [7, 11) is 0. The van der Waals surface area contributed by atoms with Crippen molar-refractivity contribution in [2.24, 2.45) is 11.8 Å². The van der Waals surface area contributed by atoms with Crippen LogP contribution in [-0.2, 0) is 4.74 Å². The fraction of sp³-hybridized carbons (Fsp3) is 0.733. The SMILES string of the molecule is C[C@H]1C[C@H](C)CN(c2nc(NCCOCCO)nc(N)c2[N+](=O)[O-])C1. The highest BCUT2D eigenvalue weighted by Crippen LogP contribution is 2.35. The van der Waals surface area contributed by atoms with E-state index in [4.69, 9.17) is 15.6 Å². The molecule has 1 aromatic heterocycles. The number of anilines is 3. The first-order valence-corrected chi connectivity index (χ1v) is 8.41. The van der Waals surface area contributed by atoms with Crippen molar-refractivity contribution in [1.82, 2.24) is 9.97 Å². The average molecular weight is 354 g/mol. The van der Waals surface area contributed by atoms with Gasteiger partial charge in [0, 0.05) is 19.6 Å². The number of nitrogens with one attached hydrogen (secondary N) is 1. The molecule has 0 unspecified atom stereocenters. The van der Waals surface area contributed by atoms with Crippen LogP contribution >= 0.6 is 0 Å². The van der Waals surface area contributed by atoms with Gasteiger partial charge in [0.2, 0.25) is 17.6 Å². The molecule has 4 N–H and O–H groups in total. The van der Waals surface area contributed by atoms with Crippen molar-refractivity contribution in [3.05, 3.63) is 10.1 Å². The highest BCUT2D eigenvalue weighted by atomic mass is 16.6. The molecule has 1 fully saturated rings. The fourth-order valence-electron chi connectivity index (χ4n) is 3.17. The molecule has 2 rings (SSSR count). The second-order valence-electron chi connectivity index (χ2n) is 6.48. The van der Waals surface area contributed by atoms with E-state index in [2.05, 4.69) is 29.1 Å². The van der Waals surface area contributed by atoms with Crippen molar-refractivity contribution < 1.29 is 14.8 Å². The van der Waals surface area contributed by atoms with Crippen LogP contribution in [0.3, 0.4) is 0 Å². The summed E-state index contributed by atoms with van der Waals surface area (Å²) in [4.78, 5) is 21.2. The minimum atomic E-state index is -0.525. The first-order chi connectivity index (χ1) is 11.9. The molecule has 1 aliphatic heterocycles. The van der Waals surface area contributed by atoms with Crippen LogP contribution < -0.4 is 16.0 Å². The third-order valence-electron chi connectivity index (χ3n) is 4.01. The van der Waals surface area contributed by atoms with Crippen molar-refractivity contribution in [3.63, 3.8) is 0 Å². The molecule has 0 saturated carbocycles. The van der Waals surface area contributed by atoms with E-state index >= 15 is 0 Å². The second-order valence-corrected chi connectivity index (χ2v) is 6.48. The number of piperidine rings is 1. The van der Waals surface area contributed by atoms with Crippen LogP contribution in [0.15, 0.2) is 0 Å². The first kappa shape index (κ1) is 19.1. The summed E-state index contributed by atoms with van der Waals surface area (Å²) < 4.78 is 5.15. The molecule has 0 radical (unpaired) electrons. The van der Waals surface area contributed by atoms with Crippen LogP contribution in [0.25, 0.3) is 0 Å². The lowest BCUT2D eigenvalue weighted by atomic mass is 9.92. The molecule has 0 aromatic carbocycles. The Morgan fingerprint density at radius 2 is 2.04 bits per heavy atom. The number of nitrogens with two attached hydrogens (primary N) is 1. The summed E-state index contributed by atoms with van der Waals surface area (Å²) in [5.74, 6) is 1.18. The molecule has 0 bridgehead atoms. The maximum atomic E-state index is 11.4. The molecular weight excluding hydrogens is 328 g/mol. The van der Waals surface area contributed by atoms with Gasteiger partial charge in [0.25, 0.3) is 0 Å². The molecule has 0 spiro atoms. The Kier molecular flexibility index (Phi) is 6.71. The lowest BCUT2D eigenvalue weighted by Crippen LogP contribution is -2.39. The van der Waals surface area contributed by atoms with Crippen molar-refractivity contribution in [1.29, 1.82) is 0 Å². The van der Waals surface area contributed by atoms with Gasteiger partial charge in [-0.3, -0.25) is 10.1 Å². The van der Waals surface area contributed by atoms with Gasteiger partial charge in [-0.2, -0.15) is 9.97 Å². The van der Waals surface area contributed by atoms with E-state index in [0.717, 1.165) is 6.42 Å². The Hall–Kier alpha value is -2.20. The smallest absolute Gasteiger partial charge is 0.353 e. The standard InChI is InChI=1S/C15H26N6O4/c1-10-7-11(2)9-20(8-10)14-12(21(23)24)13(16)18-15(19-14)17-3-5-25-6-4-22/h10-11,22H,3-9H2,1-2H3,(H3,16,17,18,19)/t10-,11-/m0/s1. The predicted molar refractivity (Wildman–Crippen MR) is 94.7 cm³/mol. The van der Waals surface area contributed by atoms with E-state index in [9.17, 15) is 10.1 Å². The number of aliphatic hydroxyl groups is 1. The van der Waals surface area contributed by atoms with E-state index in [1.807, 2.05) is 4.90 Å². The van der Waals surface area contributed by atoms with Crippen LogP contribution in [0.2, 0.25) is 0 Å². The lowest BCUT2D eigenvalue weighted by Gasteiger charge is -2.35. The topological polar surface area (TPSA) is 140 Å². The van der Waals surface area contributed by atoms with E-state index < -0.39 is 4.92 Å². The normalized spacial score (nSPS) is 20.5. The number of aliphatic hydroxyl groups excluding tert-OH is 1. The number of nitro groups is 1. The first-order valence-electron chi connectivity index (χ1n) is 8.41. The molecule has 2 heterocycles. The van der Waals surface area contributed by atoms with Crippen molar-refractivity contribution >= 4 is 23.3 Å². The second kappa shape index (κ2) is 8.77. The number of ether oxygens (including phenoxy) is 1. The molecule has 25 heavy (non-hydrogen) atoms. The Balaban J connectivity index is 2.21. The molecule has 1 aliphatic rings. The maximum absolute atomic E-state index is 11.4. The Bertz CT molecular complexity index is 590. The molecule has 1 saturated heterocycles. The highest BCUT2D eigenvalue weighted by molar-refractivity contribution is 5.71. The molecule has 140 valence electrons. The zero-order valence-corrected chi connectivity index (χ0v) is 14.6. The zero-order chi connectivity index (χ0) is 18.4. The molecule has 1 aromatic rings. The Morgan fingerprint density at radius 1 is 1.36 bits per heavy atom. The molecule has 2 atom stereocenters. The Labute approximate surface area is 146 Å². The summed E-state index contributed by atoms with van der Waals surface area (Å²) >= 11 is 0. The van der Waals surface area contributed by atoms with Gasteiger partial charge in [-0.15, -0.1) is 0 Å². The zero-order valence-electron chi connectivity index (χ0n) is 14.6. The maximum Gasteiger partial charge on any atom is 0.353 e. The minimum absolute atomic E-state index is 0.0452. The lowest BCUT2D eigenvalue weighted by molar-refractivity contribution is -0.383. The third-order valence-corrected chi connectivity index (χ3v) is 4.01. The molecular formula is C15H26N6O4. The van der Waals surface area contributed by atoms with Gasteiger partial charge in [0.1, 0.15) is 0 Å². The van der Waals surface area contributed by atoms with Crippen molar-refractivity contribution in [2.75, 3.05) is 55.4 Å². The number of aromatic nitrogens is 2. The van der Waals surface area contributed by atoms with Crippen molar-refractivity contribution in [2.45, 2.75) is 20.3 Å². The van der Waals surface area contributed by atoms with E-state index in [1.165, 1.54) is 0 Å². The van der Waals surface area contributed by atoms with Crippen LogP contribution in [0.4, 0.5) is 23.3 Å². The molecule has 0 amide bonds. The van der Waals surface area contributed by atoms with Gasteiger partial charge in [0.05, 0.1) is 24.7 Å². The summed E-state index contributed by atoms with van der Waals surface area (Å²) in [5.41, 5.74) is 5.58. The van der Waals surface area contributed by atoms with Gasteiger partial charge in [-0.1, -0.05) is 13.8 Å². The number of hydrogen-bond donors (Lipinski definition) is 3. The van der Waals surface area contributed by atoms with Crippen LogP contribution in [0, 0.1) is 22.0 Å². The van der Waals surface area contributed by atoms with Gasteiger partial charge >= 0.3 is 5.69 Å². The van der Waals surface area contributed by atoms with Gasteiger partial charge < -0.3 is 25.8 Å². The van der Waals surface area contributed by atoms with Crippen LogP contribution in [-0.4, -0.2) is 59.5 Å². The number of nitrogen functional groups attached to an aromatic ring is 1. The summed E-state index contributed by atoms with van der Waals surface area (Å²) in [6.45, 7) is 6.60. The Morgan fingerprint density at radius 3 is 2.64 bits per heavy atom. The van der Waals surface area contributed by atoms with E-state index in [-0.39, 0.29) is 36.5 Å². The van der Waals surface area contributed by atoms with E-state index in [1.54, 1.807) is 0 Å². The summed E-state index contributed by atoms with van der Waals surface area (Å²) in [6, 6.07) is 0. The summed E-state index contributed by atoms with van der Waals surface area (Å²) in [6.07, 6.45) is 1.08. The fourth-order valence-corrected chi connectivity index (χ4v) is 3.17. The van der Waals surface area contributed by atoms with Gasteiger partial charge in [0.15, 0.2) is 0 Å². The summed E-state index contributed by atoms with van der Waals surface area (Å²) in [5, 5.41) is 23.1. The quantitative estimate of drug-likeness (QED) is 0.352. The molecule has 0 aliphatic carbocycles. The van der Waals surface area contributed by atoms with Crippen LogP contribution in [0.5, 0.6) is 0 Å². The highest BCUT2D eigenvalue weighted by Gasteiger charge is 2.31. The number of rotatable bonds is 8. The molecule has 10 heteroatoms. The molecule has 10 nitrogen and oxygen atoms in total. The van der Waals surface area contributed by atoms with Crippen LogP contribution in [0.1, 0.15) is 20.3 Å². The van der Waals surface area contributed by atoms with E-state index in [0.29, 0.717) is 38.1 Å². The van der Waals surface area contributed by atoms with Gasteiger partial charge in [-0.05, 0) is 18.3 Å². The minimum Gasteiger partial charge on any atom is -0.394 e. The largest absolute Gasteiger partial charge is 0.394 e.